The number of halogens is 2. The maximum Gasteiger partial charge on any atom is 0.260 e. The minimum atomic E-state index is -0.355. The van der Waals surface area contributed by atoms with E-state index in [2.05, 4.69) is 0 Å². The number of nitrogen functional groups attached to an aromatic ring is 1. The Hall–Kier alpha value is -2.07. The molecule has 0 radical (unpaired) electrons. The van der Waals surface area contributed by atoms with Crippen molar-refractivity contribution in [1.82, 2.24) is 0 Å². The van der Waals surface area contributed by atoms with E-state index < -0.39 is 0 Å². The van der Waals surface area contributed by atoms with Crippen LogP contribution in [0.5, 0.6) is 0 Å². The van der Waals surface area contributed by atoms with Crippen molar-refractivity contribution < 1.29 is 9.18 Å². The normalized spacial score (nSPS) is 10.3. The van der Waals surface area contributed by atoms with Gasteiger partial charge in [0.05, 0.1) is 16.3 Å². The number of rotatable bonds is 2. The zero-order valence-corrected chi connectivity index (χ0v) is 11.0. The van der Waals surface area contributed by atoms with Gasteiger partial charge in [0, 0.05) is 12.7 Å². The molecular formula is C14H12ClFN2O. The summed E-state index contributed by atoms with van der Waals surface area (Å²) in [7, 11) is 1.59. The van der Waals surface area contributed by atoms with Gasteiger partial charge in [-0.2, -0.15) is 0 Å². The minimum Gasteiger partial charge on any atom is -0.397 e. The van der Waals surface area contributed by atoms with Crippen molar-refractivity contribution in [2.24, 2.45) is 0 Å². The van der Waals surface area contributed by atoms with Crippen molar-refractivity contribution in [2.75, 3.05) is 17.7 Å². The predicted molar refractivity (Wildman–Crippen MR) is 75.0 cm³/mol. The fourth-order valence-corrected chi connectivity index (χ4v) is 1.86. The van der Waals surface area contributed by atoms with Crippen molar-refractivity contribution in [3.8, 4) is 0 Å². The molecule has 0 heterocycles. The van der Waals surface area contributed by atoms with Crippen LogP contribution in [0.15, 0.2) is 42.5 Å². The molecule has 0 aliphatic rings. The van der Waals surface area contributed by atoms with E-state index in [1.54, 1.807) is 25.2 Å². The molecule has 0 spiro atoms. The molecule has 0 unspecified atom stereocenters. The van der Waals surface area contributed by atoms with Gasteiger partial charge in [-0.25, -0.2) is 4.39 Å². The molecule has 5 heteroatoms. The second-order valence-corrected chi connectivity index (χ2v) is 4.45. The predicted octanol–water partition coefficient (Wildman–Crippen LogP) is 3.34. The van der Waals surface area contributed by atoms with Crippen LogP contribution in [0.1, 0.15) is 10.4 Å². The summed E-state index contributed by atoms with van der Waals surface area (Å²) in [6.45, 7) is 0. The second-order valence-electron chi connectivity index (χ2n) is 4.04. The molecule has 0 atom stereocenters. The Bertz CT molecular complexity index is 613. The van der Waals surface area contributed by atoms with Crippen molar-refractivity contribution in [3.63, 3.8) is 0 Å². The number of hydrogen-bond donors (Lipinski definition) is 1. The smallest absolute Gasteiger partial charge is 0.260 e. The Morgan fingerprint density at radius 2 is 1.84 bits per heavy atom. The Morgan fingerprint density at radius 3 is 2.47 bits per heavy atom. The van der Waals surface area contributed by atoms with E-state index in [4.69, 9.17) is 17.3 Å². The molecule has 0 bridgehead atoms. The van der Waals surface area contributed by atoms with Crippen LogP contribution >= 0.6 is 11.6 Å². The molecule has 1 amide bonds. The molecule has 0 aliphatic heterocycles. The summed E-state index contributed by atoms with van der Waals surface area (Å²) in [5.74, 6) is -0.654. The zero-order valence-electron chi connectivity index (χ0n) is 10.2. The van der Waals surface area contributed by atoms with Crippen LogP contribution in [-0.2, 0) is 0 Å². The minimum absolute atomic E-state index is 0.239. The van der Waals surface area contributed by atoms with Gasteiger partial charge in [-0.15, -0.1) is 0 Å². The first kappa shape index (κ1) is 13.4. The number of hydrogen-bond acceptors (Lipinski definition) is 2. The molecule has 98 valence electrons. The number of amides is 1. The molecule has 2 aromatic carbocycles. The van der Waals surface area contributed by atoms with E-state index in [-0.39, 0.29) is 17.4 Å². The van der Waals surface area contributed by atoms with Gasteiger partial charge in [0.15, 0.2) is 0 Å². The number of carbonyl (C=O) groups excluding carboxylic acids is 1. The van der Waals surface area contributed by atoms with Gasteiger partial charge in [-0.05, 0) is 36.4 Å². The summed E-state index contributed by atoms with van der Waals surface area (Å²) >= 11 is 5.88. The second kappa shape index (κ2) is 5.28. The molecule has 2 N–H and O–H groups in total. The molecule has 0 saturated carbocycles. The number of carbonyl (C=O) groups is 1. The maximum absolute atomic E-state index is 12.9. The Labute approximate surface area is 115 Å². The highest BCUT2D eigenvalue weighted by Gasteiger charge is 2.17. The highest BCUT2D eigenvalue weighted by atomic mass is 35.5. The molecule has 19 heavy (non-hydrogen) atoms. The molecule has 3 nitrogen and oxygen atoms in total. The van der Waals surface area contributed by atoms with Gasteiger partial charge in [0.25, 0.3) is 5.91 Å². The average Bonchev–Trinajstić information content (AvgIpc) is 2.41. The van der Waals surface area contributed by atoms with Crippen LogP contribution in [0.4, 0.5) is 15.8 Å². The fourth-order valence-electron chi connectivity index (χ4n) is 1.69. The van der Waals surface area contributed by atoms with E-state index in [9.17, 15) is 9.18 Å². The number of nitrogens with zero attached hydrogens (tertiary/aromatic N) is 1. The first-order chi connectivity index (χ1) is 9.00. The number of anilines is 2. The zero-order chi connectivity index (χ0) is 14.0. The molecule has 0 aliphatic carbocycles. The third kappa shape index (κ3) is 2.69. The highest BCUT2D eigenvalue weighted by molar-refractivity contribution is 6.34. The van der Waals surface area contributed by atoms with E-state index >= 15 is 0 Å². The lowest BCUT2D eigenvalue weighted by molar-refractivity contribution is 0.0994. The van der Waals surface area contributed by atoms with Crippen LogP contribution in [-0.4, -0.2) is 13.0 Å². The molecule has 0 saturated heterocycles. The van der Waals surface area contributed by atoms with Crippen LogP contribution in [0.3, 0.4) is 0 Å². The van der Waals surface area contributed by atoms with Gasteiger partial charge >= 0.3 is 0 Å². The number of para-hydroxylation sites is 1. The summed E-state index contributed by atoms with van der Waals surface area (Å²) < 4.78 is 12.9. The van der Waals surface area contributed by atoms with E-state index in [1.807, 2.05) is 0 Å². The Morgan fingerprint density at radius 1 is 1.21 bits per heavy atom. The standard InChI is InChI=1S/C14H12ClFN2O/c1-18(10-7-5-9(16)6-8-10)14(19)11-3-2-4-12(15)13(11)17/h2-8H,17H2,1H3. The van der Waals surface area contributed by atoms with Crippen molar-refractivity contribution >= 4 is 28.9 Å². The fraction of sp³-hybridized carbons (Fsp3) is 0.0714. The van der Waals surface area contributed by atoms with Crippen molar-refractivity contribution in [2.45, 2.75) is 0 Å². The van der Waals surface area contributed by atoms with E-state index in [0.29, 0.717) is 16.3 Å². The summed E-state index contributed by atoms with van der Waals surface area (Å²) in [6, 6.07) is 10.5. The Balaban J connectivity index is 2.33. The van der Waals surface area contributed by atoms with Crippen LogP contribution in [0, 0.1) is 5.82 Å². The maximum atomic E-state index is 12.9. The Kier molecular flexibility index (Phi) is 3.71. The highest BCUT2D eigenvalue weighted by Crippen LogP contribution is 2.25. The molecule has 2 aromatic rings. The van der Waals surface area contributed by atoms with Gasteiger partial charge < -0.3 is 10.6 Å². The van der Waals surface area contributed by atoms with Crippen molar-refractivity contribution in [3.05, 3.63) is 58.9 Å². The SMILES string of the molecule is CN(C(=O)c1cccc(Cl)c1N)c1ccc(F)cc1. The van der Waals surface area contributed by atoms with Crippen LogP contribution < -0.4 is 10.6 Å². The number of benzene rings is 2. The molecular weight excluding hydrogens is 267 g/mol. The van der Waals surface area contributed by atoms with Gasteiger partial charge in [-0.3, -0.25) is 4.79 Å². The quantitative estimate of drug-likeness (QED) is 0.857. The first-order valence-electron chi connectivity index (χ1n) is 5.58. The van der Waals surface area contributed by atoms with Crippen molar-refractivity contribution in [1.29, 1.82) is 0 Å². The lowest BCUT2D eigenvalue weighted by Crippen LogP contribution is -2.27. The van der Waals surface area contributed by atoms with Gasteiger partial charge in [0.1, 0.15) is 5.82 Å². The monoisotopic (exact) mass is 278 g/mol. The lowest BCUT2D eigenvalue weighted by atomic mass is 10.1. The number of nitrogens with two attached hydrogens (primary N) is 1. The summed E-state index contributed by atoms with van der Waals surface area (Å²) in [5.41, 5.74) is 6.92. The van der Waals surface area contributed by atoms with Gasteiger partial charge in [-0.1, -0.05) is 17.7 Å². The third-order valence-electron chi connectivity index (χ3n) is 2.80. The van der Waals surface area contributed by atoms with Gasteiger partial charge in [0.2, 0.25) is 0 Å². The molecule has 0 aromatic heterocycles. The third-order valence-corrected chi connectivity index (χ3v) is 3.13. The summed E-state index contributed by atoms with van der Waals surface area (Å²) in [6.07, 6.45) is 0. The summed E-state index contributed by atoms with van der Waals surface area (Å²) in [4.78, 5) is 13.7. The van der Waals surface area contributed by atoms with E-state index in [0.717, 1.165) is 0 Å². The topological polar surface area (TPSA) is 46.3 Å². The average molecular weight is 279 g/mol. The lowest BCUT2D eigenvalue weighted by Gasteiger charge is -2.18. The van der Waals surface area contributed by atoms with Crippen LogP contribution in [0.2, 0.25) is 5.02 Å². The first-order valence-corrected chi connectivity index (χ1v) is 5.96. The largest absolute Gasteiger partial charge is 0.397 e. The summed E-state index contributed by atoms with van der Waals surface area (Å²) in [5, 5.41) is 0.332. The molecule has 2 rings (SSSR count). The van der Waals surface area contributed by atoms with Crippen LogP contribution in [0.25, 0.3) is 0 Å². The van der Waals surface area contributed by atoms with E-state index in [1.165, 1.54) is 29.2 Å². The molecule has 0 fully saturated rings.